The lowest BCUT2D eigenvalue weighted by Gasteiger charge is -2.35. The highest BCUT2D eigenvalue weighted by Crippen LogP contribution is 2.42. The average molecular weight is 459 g/mol. The maximum atomic E-state index is 11.4. The van der Waals surface area contributed by atoms with Gasteiger partial charge in [0.05, 0.1) is 37.6 Å². The van der Waals surface area contributed by atoms with E-state index in [4.69, 9.17) is 14.9 Å². The summed E-state index contributed by atoms with van der Waals surface area (Å²) in [5, 5.41) is 19.8. The van der Waals surface area contributed by atoms with Crippen molar-refractivity contribution >= 4 is 22.6 Å². The summed E-state index contributed by atoms with van der Waals surface area (Å²) in [4.78, 5) is 13.5. The van der Waals surface area contributed by atoms with Gasteiger partial charge in [-0.15, -0.1) is 0 Å². The van der Waals surface area contributed by atoms with Crippen molar-refractivity contribution in [2.24, 2.45) is 5.73 Å². The number of nitrogens with zero attached hydrogens (tertiary/aromatic N) is 1. The Bertz CT molecular complexity index is 1360. The molecule has 174 valence electrons. The Morgan fingerprint density at radius 2 is 2.00 bits per heavy atom. The van der Waals surface area contributed by atoms with Crippen LogP contribution >= 0.6 is 0 Å². The lowest BCUT2D eigenvalue weighted by molar-refractivity contribution is -0.136. The molecule has 1 aliphatic heterocycles. The third-order valence-corrected chi connectivity index (χ3v) is 6.30. The van der Waals surface area contributed by atoms with E-state index in [0.717, 1.165) is 38.9 Å². The minimum Gasteiger partial charge on any atom is -0.481 e. The summed E-state index contributed by atoms with van der Waals surface area (Å²) in [6.45, 7) is 0.474. The quantitative estimate of drug-likeness (QED) is 0.395. The van der Waals surface area contributed by atoms with Gasteiger partial charge in [0.25, 0.3) is 0 Å². The van der Waals surface area contributed by atoms with Crippen molar-refractivity contribution in [3.05, 3.63) is 83.6 Å². The van der Waals surface area contributed by atoms with Crippen LogP contribution in [0.3, 0.4) is 0 Å². The Morgan fingerprint density at radius 3 is 2.79 bits per heavy atom. The van der Waals surface area contributed by atoms with Crippen LogP contribution in [0.5, 0.6) is 5.75 Å². The third-order valence-electron chi connectivity index (χ3n) is 6.30. The number of benzene rings is 3. The van der Waals surface area contributed by atoms with Crippen LogP contribution in [0.25, 0.3) is 22.1 Å². The molecular formula is C27H26N2O5. The molecular weight excluding hydrogens is 432 g/mol. The fraction of sp³-hybridized carbons (Fsp3) is 0.222. The number of furan rings is 1. The lowest BCUT2D eigenvalue weighted by Crippen LogP contribution is -2.32. The first-order valence-electron chi connectivity index (χ1n) is 11.1. The second-order valence-electron chi connectivity index (χ2n) is 8.64. The molecule has 0 fully saturated rings. The van der Waals surface area contributed by atoms with Crippen LogP contribution in [0.15, 0.2) is 71.3 Å². The Kier molecular flexibility index (Phi) is 5.73. The Labute approximate surface area is 197 Å². The third kappa shape index (κ3) is 4.00. The zero-order valence-corrected chi connectivity index (χ0v) is 18.8. The molecule has 4 N–H and O–H groups in total. The van der Waals surface area contributed by atoms with E-state index >= 15 is 0 Å². The van der Waals surface area contributed by atoms with Crippen LogP contribution in [0.4, 0.5) is 5.69 Å². The number of nitrogens with two attached hydrogens (primary N) is 1. The summed E-state index contributed by atoms with van der Waals surface area (Å²) < 4.78 is 12.2. The number of anilines is 1. The monoisotopic (exact) mass is 458 g/mol. The van der Waals surface area contributed by atoms with Crippen molar-refractivity contribution in [2.75, 3.05) is 25.1 Å². The normalized spacial score (nSPS) is 16.2. The molecule has 0 saturated carbocycles. The van der Waals surface area contributed by atoms with E-state index in [1.54, 1.807) is 12.3 Å². The predicted octanol–water partition coefficient (Wildman–Crippen LogP) is 4.29. The fourth-order valence-electron chi connectivity index (χ4n) is 4.56. The number of fused-ring (bicyclic) bond motifs is 2. The number of carboxylic acids is 1. The number of ether oxygens (including phenoxy) is 1. The fourth-order valence-corrected chi connectivity index (χ4v) is 4.56. The number of carboxylic acid groups (broad SMARTS) is 1. The predicted molar refractivity (Wildman–Crippen MR) is 130 cm³/mol. The molecule has 0 saturated heterocycles. The van der Waals surface area contributed by atoms with Gasteiger partial charge >= 0.3 is 5.97 Å². The van der Waals surface area contributed by atoms with Crippen LogP contribution in [-0.2, 0) is 11.2 Å². The number of carbonyl (C=O) groups is 1. The van der Waals surface area contributed by atoms with E-state index < -0.39 is 12.0 Å². The summed E-state index contributed by atoms with van der Waals surface area (Å²) in [6, 6.07) is 18.9. The second-order valence-corrected chi connectivity index (χ2v) is 8.64. The topological polar surface area (TPSA) is 109 Å². The maximum Gasteiger partial charge on any atom is 0.307 e. The molecule has 2 heterocycles. The van der Waals surface area contributed by atoms with Crippen LogP contribution in [-0.4, -0.2) is 36.4 Å². The van der Waals surface area contributed by atoms with Gasteiger partial charge in [0.1, 0.15) is 17.4 Å². The molecule has 5 rings (SSSR count). The lowest BCUT2D eigenvalue weighted by atomic mass is 9.95. The van der Waals surface area contributed by atoms with Crippen molar-refractivity contribution < 1.29 is 24.2 Å². The molecule has 1 aliphatic rings. The van der Waals surface area contributed by atoms with E-state index in [1.807, 2.05) is 49.5 Å². The van der Waals surface area contributed by atoms with Crippen molar-refractivity contribution in [1.82, 2.24) is 0 Å². The van der Waals surface area contributed by atoms with Gasteiger partial charge in [-0.25, -0.2) is 0 Å². The first-order chi connectivity index (χ1) is 16.4. The van der Waals surface area contributed by atoms with Crippen molar-refractivity contribution in [3.63, 3.8) is 0 Å². The minimum atomic E-state index is -0.898. The highest BCUT2D eigenvalue weighted by molar-refractivity contribution is 5.93. The molecule has 3 aromatic carbocycles. The summed E-state index contributed by atoms with van der Waals surface area (Å²) in [5.74, 6) is -0.293. The first kappa shape index (κ1) is 22.0. The van der Waals surface area contributed by atoms with Gasteiger partial charge in [0.2, 0.25) is 0 Å². The second kappa shape index (κ2) is 8.85. The molecule has 7 nitrogen and oxygen atoms in total. The van der Waals surface area contributed by atoms with Gasteiger partial charge in [-0.1, -0.05) is 30.3 Å². The largest absolute Gasteiger partial charge is 0.481 e. The van der Waals surface area contributed by atoms with Gasteiger partial charge in [-0.05, 0) is 47.0 Å². The number of likely N-dealkylation sites (N-methyl/N-ethyl adjacent to an activating group) is 1. The molecule has 0 bridgehead atoms. The van der Waals surface area contributed by atoms with Crippen LogP contribution in [0, 0.1) is 0 Å². The van der Waals surface area contributed by atoms with E-state index in [1.165, 1.54) is 0 Å². The van der Waals surface area contributed by atoms with Gasteiger partial charge in [-0.3, -0.25) is 4.79 Å². The summed E-state index contributed by atoms with van der Waals surface area (Å²) >= 11 is 0. The molecule has 34 heavy (non-hydrogen) atoms. The molecule has 7 heteroatoms. The number of hydrogen-bond donors (Lipinski definition) is 3. The maximum absolute atomic E-state index is 11.4. The molecule has 2 atom stereocenters. The average Bonchev–Trinajstić information content (AvgIpc) is 3.32. The van der Waals surface area contributed by atoms with Crippen LogP contribution < -0.4 is 15.4 Å². The van der Waals surface area contributed by atoms with Crippen molar-refractivity contribution in [1.29, 1.82) is 0 Å². The van der Waals surface area contributed by atoms with E-state index in [9.17, 15) is 15.0 Å². The Balaban J connectivity index is 1.58. The molecule has 0 amide bonds. The minimum absolute atomic E-state index is 0.104. The molecule has 4 aromatic rings. The molecule has 0 radical (unpaired) electrons. The van der Waals surface area contributed by atoms with Gasteiger partial charge in [0, 0.05) is 23.6 Å². The summed E-state index contributed by atoms with van der Waals surface area (Å²) in [5.41, 5.74) is 12.0. The number of aliphatic carboxylic acids is 1. The Hall–Kier alpha value is -3.81. The summed E-state index contributed by atoms with van der Waals surface area (Å²) in [6.07, 6.45) is 1.26. The van der Waals surface area contributed by atoms with Crippen molar-refractivity contribution in [3.8, 4) is 16.9 Å². The Morgan fingerprint density at radius 1 is 1.18 bits per heavy atom. The zero-order valence-electron chi connectivity index (χ0n) is 18.8. The van der Waals surface area contributed by atoms with E-state index in [-0.39, 0.29) is 19.1 Å². The van der Waals surface area contributed by atoms with E-state index in [2.05, 4.69) is 17.0 Å². The van der Waals surface area contributed by atoms with Crippen LogP contribution in [0.2, 0.25) is 0 Å². The summed E-state index contributed by atoms with van der Waals surface area (Å²) in [7, 11) is 1.98. The zero-order chi connectivity index (χ0) is 23.8. The number of hydrogen-bond acceptors (Lipinski definition) is 6. The standard InChI is InChI=1S/C27H26N2O5/c1-29-14-24(34-27-18(13-25(31)32)6-3-7-23(27)29)20-11-19-8-9-33-26(19)21(12-20)16-4-2-5-17(10-16)22(28)15-30/h2-12,22,24,30H,13-15,28H2,1H3,(H,31,32)/t22-,24?/m1/s1. The van der Waals surface area contributed by atoms with Gasteiger partial charge < -0.3 is 30.0 Å². The highest BCUT2D eigenvalue weighted by Gasteiger charge is 2.28. The van der Waals surface area contributed by atoms with E-state index in [0.29, 0.717) is 17.9 Å². The molecule has 1 aromatic heterocycles. The number of aliphatic hydroxyl groups excluding tert-OH is 1. The smallest absolute Gasteiger partial charge is 0.307 e. The first-order valence-corrected chi connectivity index (χ1v) is 11.1. The van der Waals surface area contributed by atoms with Gasteiger partial charge in [-0.2, -0.15) is 0 Å². The number of para-hydroxylation sites is 1. The van der Waals surface area contributed by atoms with Gasteiger partial charge in [0.15, 0.2) is 0 Å². The van der Waals surface area contributed by atoms with Crippen molar-refractivity contribution in [2.45, 2.75) is 18.6 Å². The SMILES string of the molecule is CN1CC(c2cc(-c3cccc([C@H](N)CO)c3)c3occc3c2)Oc2c(CC(=O)O)cccc21. The molecule has 0 spiro atoms. The number of aliphatic hydroxyl groups is 1. The number of rotatable bonds is 6. The molecule has 0 aliphatic carbocycles. The molecule has 1 unspecified atom stereocenters. The highest BCUT2D eigenvalue weighted by atomic mass is 16.5. The van der Waals surface area contributed by atoms with Crippen LogP contribution in [0.1, 0.15) is 28.8 Å².